The van der Waals surface area contributed by atoms with Gasteiger partial charge in [-0.15, -0.1) is 0 Å². The molecular formula is C13H12BrN3O3. The standard InChI is InChI=1S/C13H12BrN3O3/c1-20-13-5-2-8(14)6-12(13)16-11-4-3-9(17(18)19)7-10(11)15/h2-7,16H,15H2,1H3. The van der Waals surface area contributed by atoms with Crippen molar-refractivity contribution in [2.75, 3.05) is 18.2 Å². The number of rotatable bonds is 4. The predicted octanol–water partition coefficient (Wildman–Crippen LogP) is 3.69. The number of hydrogen-bond acceptors (Lipinski definition) is 5. The van der Waals surface area contributed by atoms with Crippen LogP contribution in [0.5, 0.6) is 5.75 Å². The van der Waals surface area contributed by atoms with Crippen molar-refractivity contribution in [2.24, 2.45) is 0 Å². The van der Waals surface area contributed by atoms with Gasteiger partial charge in [0.15, 0.2) is 0 Å². The van der Waals surface area contributed by atoms with E-state index in [2.05, 4.69) is 21.2 Å². The summed E-state index contributed by atoms with van der Waals surface area (Å²) in [6, 6.07) is 9.75. The highest BCUT2D eigenvalue weighted by molar-refractivity contribution is 9.10. The van der Waals surface area contributed by atoms with Gasteiger partial charge in [-0.1, -0.05) is 15.9 Å². The van der Waals surface area contributed by atoms with Crippen LogP contribution >= 0.6 is 15.9 Å². The molecule has 2 aromatic carbocycles. The highest BCUT2D eigenvalue weighted by Crippen LogP contribution is 2.33. The highest BCUT2D eigenvalue weighted by atomic mass is 79.9. The van der Waals surface area contributed by atoms with Crippen molar-refractivity contribution in [1.82, 2.24) is 0 Å². The Balaban J connectivity index is 2.35. The van der Waals surface area contributed by atoms with Crippen molar-refractivity contribution in [3.05, 3.63) is 51.0 Å². The van der Waals surface area contributed by atoms with Crippen molar-refractivity contribution >= 4 is 38.7 Å². The summed E-state index contributed by atoms with van der Waals surface area (Å²) in [4.78, 5) is 10.2. The van der Waals surface area contributed by atoms with Gasteiger partial charge >= 0.3 is 0 Å². The summed E-state index contributed by atoms with van der Waals surface area (Å²) < 4.78 is 6.12. The number of anilines is 3. The van der Waals surface area contributed by atoms with Gasteiger partial charge in [-0.25, -0.2) is 0 Å². The lowest BCUT2D eigenvalue weighted by Crippen LogP contribution is -1.99. The average Bonchev–Trinajstić information content (AvgIpc) is 2.41. The summed E-state index contributed by atoms with van der Waals surface area (Å²) in [5, 5.41) is 13.8. The van der Waals surface area contributed by atoms with Crippen LogP contribution in [0.4, 0.5) is 22.7 Å². The molecule has 0 saturated carbocycles. The van der Waals surface area contributed by atoms with Gasteiger partial charge in [-0.2, -0.15) is 0 Å². The van der Waals surface area contributed by atoms with E-state index in [1.54, 1.807) is 19.2 Å². The lowest BCUT2D eigenvalue weighted by Gasteiger charge is -2.13. The molecule has 0 saturated heterocycles. The van der Waals surface area contributed by atoms with Gasteiger partial charge in [0.1, 0.15) is 5.75 Å². The quantitative estimate of drug-likeness (QED) is 0.504. The van der Waals surface area contributed by atoms with Crippen LogP contribution in [-0.2, 0) is 0 Å². The van der Waals surface area contributed by atoms with Crippen molar-refractivity contribution < 1.29 is 9.66 Å². The van der Waals surface area contributed by atoms with Crippen molar-refractivity contribution in [2.45, 2.75) is 0 Å². The van der Waals surface area contributed by atoms with Crippen molar-refractivity contribution in [3.63, 3.8) is 0 Å². The van der Waals surface area contributed by atoms with Crippen LogP contribution in [-0.4, -0.2) is 12.0 Å². The minimum Gasteiger partial charge on any atom is -0.495 e. The van der Waals surface area contributed by atoms with Gasteiger partial charge in [0.2, 0.25) is 0 Å². The monoisotopic (exact) mass is 337 g/mol. The van der Waals surface area contributed by atoms with E-state index >= 15 is 0 Å². The first-order valence-electron chi connectivity index (χ1n) is 5.65. The van der Waals surface area contributed by atoms with E-state index in [4.69, 9.17) is 10.5 Å². The molecule has 0 aromatic heterocycles. The Labute approximate surface area is 123 Å². The van der Waals surface area contributed by atoms with Crippen LogP contribution < -0.4 is 15.8 Å². The number of halogens is 1. The third-order valence-corrected chi connectivity index (χ3v) is 3.17. The van der Waals surface area contributed by atoms with E-state index < -0.39 is 4.92 Å². The highest BCUT2D eigenvalue weighted by Gasteiger charge is 2.10. The van der Waals surface area contributed by atoms with Gasteiger partial charge < -0.3 is 15.8 Å². The number of methoxy groups -OCH3 is 1. The van der Waals surface area contributed by atoms with Crippen LogP contribution in [0, 0.1) is 10.1 Å². The minimum atomic E-state index is -0.486. The van der Waals surface area contributed by atoms with Crippen LogP contribution in [0.25, 0.3) is 0 Å². The number of nitrogens with zero attached hydrogens (tertiary/aromatic N) is 1. The lowest BCUT2D eigenvalue weighted by molar-refractivity contribution is -0.384. The number of hydrogen-bond donors (Lipinski definition) is 2. The average molecular weight is 338 g/mol. The molecule has 104 valence electrons. The zero-order valence-electron chi connectivity index (χ0n) is 10.6. The summed E-state index contributed by atoms with van der Waals surface area (Å²) in [5.41, 5.74) is 7.35. The second kappa shape index (κ2) is 5.79. The number of non-ortho nitro benzene ring substituents is 1. The number of nitrogens with one attached hydrogen (secondary N) is 1. The Morgan fingerprint density at radius 1 is 1.25 bits per heavy atom. The fourth-order valence-electron chi connectivity index (χ4n) is 1.70. The van der Waals surface area contributed by atoms with E-state index in [0.29, 0.717) is 22.8 Å². The van der Waals surface area contributed by atoms with Gasteiger partial charge in [-0.3, -0.25) is 10.1 Å². The Bertz CT molecular complexity index is 661. The predicted molar refractivity (Wildman–Crippen MR) is 81.5 cm³/mol. The second-order valence-corrected chi connectivity index (χ2v) is 4.91. The number of nitro groups is 1. The van der Waals surface area contributed by atoms with Gasteiger partial charge in [-0.05, 0) is 24.3 Å². The SMILES string of the molecule is COc1ccc(Br)cc1Nc1ccc([N+](=O)[O-])cc1N. The molecule has 0 aliphatic carbocycles. The fourth-order valence-corrected chi connectivity index (χ4v) is 2.06. The maximum absolute atomic E-state index is 10.7. The summed E-state index contributed by atoms with van der Waals surface area (Å²) in [6.45, 7) is 0. The third-order valence-electron chi connectivity index (χ3n) is 2.68. The Morgan fingerprint density at radius 3 is 2.60 bits per heavy atom. The molecule has 2 aromatic rings. The van der Waals surface area contributed by atoms with Crippen molar-refractivity contribution in [3.8, 4) is 5.75 Å². The third kappa shape index (κ3) is 3.00. The number of nitrogens with two attached hydrogens (primary N) is 1. The van der Waals surface area contributed by atoms with E-state index in [0.717, 1.165) is 4.47 Å². The maximum atomic E-state index is 10.7. The molecule has 0 heterocycles. The largest absolute Gasteiger partial charge is 0.495 e. The summed E-state index contributed by atoms with van der Waals surface area (Å²) in [6.07, 6.45) is 0. The molecule has 3 N–H and O–H groups in total. The summed E-state index contributed by atoms with van der Waals surface area (Å²) in [7, 11) is 1.56. The molecule has 0 aliphatic heterocycles. The molecule has 7 heteroatoms. The molecular weight excluding hydrogens is 326 g/mol. The van der Waals surface area contributed by atoms with E-state index in [1.165, 1.54) is 12.1 Å². The molecule has 20 heavy (non-hydrogen) atoms. The molecule has 0 amide bonds. The number of nitro benzene ring substituents is 1. The van der Waals surface area contributed by atoms with Crippen LogP contribution in [0.15, 0.2) is 40.9 Å². The number of ether oxygens (including phenoxy) is 1. The number of nitrogen functional groups attached to an aromatic ring is 1. The first kappa shape index (κ1) is 14.1. The Morgan fingerprint density at radius 2 is 2.00 bits per heavy atom. The first-order chi connectivity index (χ1) is 9.51. The topological polar surface area (TPSA) is 90.4 Å². The maximum Gasteiger partial charge on any atom is 0.271 e. The number of benzene rings is 2. The van der Waals surface area contributed by atoms with E-state index in [1.807, 2.05) is 12.1 Å². The summed E-state index contributed by atoms with van der Waals surface area (Å²) >= 11 is 3.37. The lowest BCUT2D eigenvalue weighted by atomic mass is 10.2. The van der Waals surface area contributed by atoms with Crippen LogP contribution in [0.1, 0.15) is 0 Å². The summed E-state index contributed by atoms with van der Waals surface area (Å²) in [5.74, 6) is 0.644. The van der Waals surface area contributed by atoms with Gasteiger partial charge in [0.25, 0.3) is 5.69 Å². The molecule has 6 nitrogen and oxygen atoms in total. The molecule has 0 radical (unpaired) electrons. The zero-order valence-corrected chi connectivity index (χ0v) is 12.2. The normalized spacial score (nSPS) is 10.1. The minimum absolute atomic E-state index is 0.0470. The molecule has 0 atom stereocenters. The molecule has 0 fully saturated rings. The van der Waals surface area contributed by atoms with Gasteiger partial charge in [0, 0.05) is 16.6 Å². The van der Waals surface area contributed by atoms with E-state index in [-0.39, 0.29) is 5.69 Å². The zero-order chi connectivity index (χ0) is 14.7. The van der Waals surface area contributed by atoms with Crippen LogP contribution in [0.2, 0.25) is 0 Å². The fraction of sp³-hybridized carbons (Fsp3) is 0.0769. The molecule has 2 rings (SSSR count). The molecule has 0 unspecified atom stereocenters. The van der Waals surface area contributed by atoms with E-state index in [9.17, 15) is 10.1 Å². The first-order valence-corrected chi connectivity index (χ1v) is 6.45. The molecule has 0 bridgehead atoms. The smallest absolute Gasteiger partial charge is 0.271 e. The molecule has 0 spiro atoms. The Hall–Kier alpha value is -2.28. The van der Waals surface area contributed by atoms with Crippen LogP contribution in [0.3, 0.4) is 0 Å². The van der Waals surface area contributed by atoms with Crippen molar-refractivity contribution in [1.29, 1.82) is 0 Å². The molecule has 0 aliphatic rings. The second-order valence-electron chi connectivity index (χ2n) is 4.00. The Kier molecular flexibility index (Phi) is 4.09. The van der Waals surface area contributed by atoms with Gasteiger partial charge in [0.05, 0.1) is 29.1 Å².